The fraction of sp³-hybridized carbons (Fsp3) is 0.524. The Bertz CT molecular complexity index is 760. The molecule has 4 rings (SSSR count). The number of hydrogen-bond acceptors (Lipinski definition) is 5. The van der Waals surface area contributed by atoms with Gasteiger partial charge in [-0.2, -0.15) is 0 Å². The number of aryl methyl sites for hydroxylation is 1. The van der Waals surface area contributed by atoms with Crippen LogP contribution in [0.25, 0.3) is 0 Å². The molecule has 0 unspecified atom stereocenters. The van der Waals surface area contributed by atoms with Crippen LogP contribution >= 0.6 is 0 Å². The zero-order valence-electron chi connectivity index (χ0n) is 15.9. The third-order valence-electron chi connectivity index (χ3n) is 5.61. The molecular formula is C21H27N3O3. The first kappa shape index (κ1) is 18.2. The Hall–Kier alpha value is -2.18. The Morgan fingerprint density at radius 1 is 1.15 bits per heavy atom. The summed E-state index contributed by atoms with van der Waals surface area (Å²) < 4.78 is 11.3. The van der Waals surface area contributed by atoms with Crippen LogP contribution in [0.4, 0.5) is 0 Å². The number of piperidine rings is 1. The third kappa shape index (κ3) is 4.22. The van der Waals surface area contributed by atoms with Gasteiger partial charge in [0.25, 0.3) is 5.91 Å². The number of pyridine rings is 1. The van der Waals surface area contributed by atoms with E-state index in [4.69, 9.17) is 9.15 Å². The molecule has 2 aromatic rings. The van der Waals surface area contributed by atoms with Crippen molar-refractivity contribution in [2.24, 2.45) is 0 Å². The minimum Gasteiger partial charge on any atom is -0.454 e. The number of aromatic nitrogens is 1. The highest BCUT2D eigenvalue weighted by molar-refractivity contribution is 5.93. The van der Waals surface area contributed by atoms with Gasteiger partial charge in [-0.05, 0) is 49.4 Å². The van der Waals surface area contributed by atoms with E-state index in [0.717, 1.165) is 70.1 Å². The first-order valence-electron chi connectivity index (χ1n) is 9.79. The number of likely N-dealkylation sites (tertiary alicyclic amines) is 1. The number of carbonyl (C=O) groups is 1. The highest BCUT2D eigenvalue weighted by Crippen LogP contribution is 2.29. The molecule has 2 aliphatic heterocycles. The van der Waals surface area contributed by atoms with Crippen LogP contribution in [0.5, 0.6) is 0 Å². The summed E-state index contributed by atoms with van der Waals surface area (Å²) in [5.74, 6) is 1.89. The van der Waals surface area contributed by atoms with Crippen LogP contribution in [0.3, 0.4) is 0 Å². The molecule has 144 valence electrons. The summed E-state index contributed by atoms with van der Waals surface area (Å²) in [4.78, 5) is 21.3. The second kappa shape index (κ2) is 8.23. The van der Waals surface area contributed by atoms with Crippen LogP contribution in [-0.4, -0.2) is 60.1 Å². The lowest BCUT2D eigenvalue weighted by Gasteiger charge is -2.31. The van der Waals surface area contributed by atoms with E-state index < -0.39 is 0 Å². The zero-order valence-corrected chi connectivity index (χ0v) is 15.9. The Morgan fingerprint density at radius 2 is 1.85 bits per heavy atom. The average Bonchev–Trinajstić information content (AvgIpc) is 3.09. The van der Waals surface area contributed by atoms with E-state index in [1.54, 1.807) is 0 Å². The molecule has 6 nitrogen and oxygen atoms in total. The van der Waals surface area contributed by atoms with Crippen molar-refractivity contribution in [2.45, 2.75) is 32.2 Å². The topological polar surface area (TPSA) is 58.8 Å². The van der Waals surface area contributed by atoms with Gasteiger partial charge < -0.3 is 14.1 Å². The molecule has 2 aromatic heterocycles. The number of amides is 1. The molecular weight excluding hydrogens is 342 g/mol. The van der Waals surface area contributed by atoms with Crippen molar-refractivity contribution >= 4 is 5.91 Å². The van der Waals surface area contributed by atoms with Gasteiger partial charge in [-0.25, -0.2) is 0 Å². The van der Waals surface area contributed by atoms with Crippen LogP contribution in [0.2, 0.25) is 0 Å². The van der Waals surface area contributed by atoms with Gasteiger partial charge in [0, 0.05) is 44.1 Å². The predicted molar refractivity (Wildman–Crippen MR) is 102 cm³/mol. The molecule has 27 heavy (non-hydrogen) atoms. The summed E-state index contributed by atoms with van der Waals surface area (Å²) in [6, 6.07) is 6.17. The molecule has 0 saturated carbocycles. The fourth-order valence-electron chi connectivity index (χ4n) is 4.01. The highest BCUT2D eigenvalue weighted by atomic mass is 16.5. The van der Waals surface area contributed by atoms with Crippen molar-refractivity contribution in [2.75, 3.05) is 39.4 Å². The highest BCUT2D eigenvalue weighted by Gasteiger charge is 2.28. The summed E-state index contributed by atoms with van der Waals surface area (Å²) >= 11 is 0. The fourth-order valence-corrected chi connectivity index (χ4v) is 4.01. The Morgan fingerprint density at radius 3 is 2.56 bits per heavy atom. The van der Waals surface area contributed by atoms with Gasteiger partial charge in [0.1, 0.15) is 5.76 Å². The number of carbonyl (C=O) groups excluding carboxylic acids is 1. The quantitative estimate of drug-likeness (QED) is 0.829. The maximum Gasteiger partial charge on any atom is 0.289 e. The van der Waals surface area contributed by atoms with Gasteiger partial charge in [0.05, 0.1) is 19.8 Å². The smallest absolute Gasteiger partial charge is 0.289 e. The monoisotopic (exact) mass is 369 g/mol. The Balaban J connectivity index is 1.37. The molecule has 2 saturated heterocycles. The molecule has 0 atom stereocenters. The van der Waals surface area contributed by atoms with E-state index in [9.17, 15) is 4.79 Å². The van der Waals surface area contributed by atoms with E-state index in [1.165, 1.54) is 5.56 Å². The van der Waals surface area contributed by atoms with Crippen LogP contribution < -0.4 is 0 Å². The molecule has 0 radical (unpaired) electrons. The first-order chi connectivity index (χ1) is 13.2. The van der Waals surface area contributed by atoms with Crippen molar-refractivity contribution in [3.8, 4) is 0 Å². The lowest BCUT2D eigenvalue weighted by atomic mass is 9.90. The molecule has 0 bridgehead atoms. The normalized spacial score (nSPS) is 19.4. The zero-order chi connectivity index (χ0) is 18.6. The third-order valence-corrected chi connectivity index (χ3v) is 5.61. The number of rotatable bonds is 4. The summed E-state index contributed by atoms with van der Waals surface area (Å²) in [6.45, 7) is 7.58. The van der Waals surface area contributed by atoms with Gasteiger partial charge in [0.2, 0.25) is 0 Å². The maximum atomic E-state index is 13.0. The number of morpholine rings is 1. The minimum atomic E-state index is 0.0221. The van der Waals surface area contributed by atoms with Crippen LogP contribution in [-0.2, 0) is 11.3 Å². The van der Waals surface area contributed by atoms with Crippen molar-refractivity contribution in [1.29, 1.82) is 0 Å². The summed E-state index contributed by atoms with van der Waals surface area (Å²) in [7, 11) is 0. The summed E-state index contributed by atoms with van der Waals surface area (Å²) in [5.41, 5.74) is 2.25. The van der Waals surface area contributed by atoms with Crippen LogP contribution in [0.1, 0.15) is 46.2 Å². The van der Waals surface area contributed by atoms with Crippen molar-refractivity contribution in [3.05, 3.63) is 53.2 Å². The molecule has 4 heterocycles. The largest absolute Gasteiger partial charge is 0.454 e. The first-order valence-corrected chi connectivity index (χ1v) is 9.79. The molecule has 0 N–H and O–H groups in total. The van der Waals surface area contributed by atoms with E-state index in [0.29, 0.717) is 11.7 Å². The lowest BCUT2D eigenvalue weighted by molar-refractivity contribution is 0.0309. The van der Waals surface area contributed by atoms with Crippen LogP contribution in [0, 0.1) is 6.92 Å². The summed E-state index contributed by atoms with van der Waals surface area (Å²) in [5, 5.41) is 0. The van der Waals surface area contributed by atoms with Crippen molar-refractivity contribution in [3.63, 3.8) is 0 Å². The van der Waals surface area contributed by atoms with E-state index in [1.807, 2.05) is 30.3 Å². The molecule has 0 aromatic carbocycles. The van der Waals surface area contributed by atoms with E-state index in [-0.39, 0.29) is 5.91 Å². The second-order valence-corrected chi connectivity index (χ2v) is 7.46. The molecule has 1 amide bonds. The molecule has 6 heteroatoms. The minimum absolute atomic E-state index is 0.0221. The van der Waals surface area contributed by atoms with E-state index in [2.05, 4.69) is 22.0 Å². The average molecular weight is 369 g/mol. The molecule has 0 aliphatic carbocycles. The van der Waals surface area contributed by atoms with Crippen molar-refractivity contribution < 1.29 is 13.9 Å². The Labute approximate surface area is 160 Å². The SMILES string of the molecule is Cc1cc(CN2CCOCC2)oc1C(=O)N1CCC(c2ccncc2)CC1. The summed E-state index contributed by atoms with van der Waals surface area (Å²) in [6.07, 6.45) is 5.65. The molecule has 2 aliphatic rings. The van der Waals surface area contributed by atoms with Crippen molar-refractivity contribution in [1.82, 2.24) is 14.8 Å². The lowest BCUT2D eigenvalue weighted by Crippen LogP contribution is -2.38. The van der Waals surface area contributed by atoms with Gasteiger partial charge in [-0.3, -0.25) is 14.7 Å². The van der Waals surface area contributed by atoms with Crippen LogP contribution in [0.15, 0.2) is 35.0 Å². The standard InChI is InChI=1S/C21H27N3O3/c1-16-14-19(15-23-10-12-26-13-11-23)27-20(16)21(25)24-8-4-18(5-9-24)17-2-6-22-7-3-17/h2-3,6-7,14,18H,4-5,8-13,15H2,1H3. The van der Waals surface area contributed by atoms with Gasteiger partial charge >= 0.3 is 0 Å². The molecule has 0 spiro atoms. The Kier molecular flexibility index (Phi) is 5.55. The number of furan rings is 1. The van der Waals surface area contributed by atoms with Gasteiger partial charge in [-0.1, -0.05) is 0 Å². The predicted octanol–water partition coefficient (Wildman–Crippen LogP) is 2.84. The second-order valence-electron chi connectivity index (χ2n) is 7.46. The van der Waals surface area contributed by atoms with Gasteiger partial charge in [0.15, 0.2) is 5.76 Å². The van der Waals surface area contributed by atoms with E-state index >= 15 is 0 Å². The number of ether oxygens (including phenoxy) is 1. The molecule has 2 fully saturated rings. The number of nitrogens with zero attached hydrogens (tertiary/aromatic N) is 3. The number of hydrogen-bond donors (Lipinski definition) is 0. The van der Waals surface area contributed by atoms with Gasteiger partial charge in [-0.15, -0.1) is 0 Å². The maximum absolute atomic E-state index is 13.0.